The van der Waals surface area contributed by atoms with Crippen LogP contribution in [0, 0.1) is 11.8 Å². The third-order valence-electron chi connectivity index (χ3n) is 4.20. The maximum Gasteiger partial charge on any atom is 0.166 e. The van der Waals surface area contributed by atoms with E-state index in [1.807, 2.05) is 18.2 Å². The first-order valence-corrected chi connectivity index (χ1v) is 6.67. The van der Waals surface area contributed by atoms with Gasteiger partial charge in [-0.25, -0.2) is 0 Å². The zero-order chi connectivity index (χ0) is 11.7. The molecule has 1 atom stereocenters. The average molecular weight is 229 g/mol. The van der Waals surface area contributed by atoms with Gasteiger partial charge in [0.15, 0.2) is 5.78 Å². The van der Waals surface area contributed by atoms with Crippen LogP contribution >= 0.6 is 0 Å². The van der Waals surface area contributed by atoms with Crippen molar-refractivity contribution < 1.29 is 4.79 Å². The molecule has 1 aromatic carbocycles. The van der Waals surface area contributed by atoms with Gasteiger partial charge < -0.3 is 5.32 Å². The van der Waals surface area contributed by atoms with Gasteiger partial charge in [0, 0.05) is 11.5 Å². The van der Waals surface area contributed by atoms with Crippen LogP contribution in [0.25, 0.3) is 0 Å². The predicted molar refractivity (Wildman–Crippen MR) is 68.2 cm³/mol. The highest BCUT2D eigenvalue weighted by molar-refractivity contribution is 6.02. The van der Waals surface area contributed by atoms with E-state index in [-0.39, 0.29) is 5.92 Å². The van der Waals surface area contributed by atoms with Crippen LogP contribution in [-0.4, -0.2) is 18.9 Å². The molecular formula is C15H19NO. The summed E-state index contributed by atoms with van der Waals surface area (Å²) in [6.45, 7) is 2.25. The Hall–Kier alpha value is -1.15. The van der Waals surface area contributed by atoms with Crippen molar-refractivity contribution in [3.63, 3.8) is 0 Å². The topological polar surface area (TPSA) is 29.1 Å². The summed E-state index contributed by atoms with van der Waals surface area (Å²) >= 11 is 0. The van der Waals surface area contributed by atoms with Gasteiger partial charge in [-0.15, -0.1) is 0 Å². The lowest BCUT2D eigenvalue weighted by molar-refractivity contribution is 0.0913. The summed E-state index contributed by atoms with van der Waals surface area (Å²) < 4.78 is 0. The van der Waals surface area contributed by atoms with Gasteiger partial charge in [-0.2, -0.15) is 0 Å². The lowest BCUT2D eigenvalue weighted by atomic mass is 9.86. The second-order valence-corrected chi connectivity index (χ2v) is 5.35. The standard InChI is InChI=1S/C15H19NO/c17-15-13(9-11-5-7-16-8-6-11)10-12-3-1-2-4-14(12)15/h1-4,11,13,16H,5-10H2. The molecule has 0 aromatic heterocycles. The van der Waals surface area contributed by atoms with E-state index in [0.717, 1.165) is 37.4 Å². The zero-order valence-corrected chi connectivity index (χ0v) is 10.1. The van der Waals surface area contributed by atoms with E-state index in [1.165, 1.54) is 18.4 Å². The van der Waals surface area contributed by atoms with Crippen LogP contribution in [0.5, 0.6) is 0 Å². The second-order valence-electron chi connectivity index (χ2n) is 5.35. The number of piperidine rings is 1. The molecule has 1 saturated heterocycles. The molecule has 1 unspecified atom stereocenters. The molecule has 1 aromatic rings. The molecule has 90 valence electrons. The minimum Gasteiger partial charge on any atom is -0.317 e. The smallest absolute Gasteiger partial charge is 0.166 e. The number of nitrogens with one attached hydrogen (secondary N) is 1. The predicted octanol–water partition coefficient (Wildman–Crippen LogP) is 2.43. The summed E-state index contributed by atoms with van der Waals surface area (Å²) in [5.41, 5.74) is 2.24. The van der Waals surface area contributed by atoms with Crippen molar-refractivity contribution in [2.24, 2.45) is 11.8 Å². The van der Waals surface area contributed by atoms with E-state index in [1.54, 1.807) is 0 Å². The van der Waals surface area contributed by atoms with Gasteiger partial charge in [-0.05, 0) is 50.3 Å². The van der Waals surface area contributed by atoms with Crippen molar-refractivity contribution in [1.29, 1.82) is 0 Å². The van der Waals surface area contributed by atoms with Crippen LogP contribution in [0.3, 0.4) is 0 Å². The summed E-state index contributed by atoms with van der Waals surface area (Å²) in [4.78, 5) is 12.3. The molecule has 1 aliphatic carbocycles. The molecule has 0 radical (unpaired) electrons. The minimum absolute atomic E-state index is 0.260. The number of ketones is 1. The molecule has 0 amide bonds. The molecular weight excluding hydrogens is 210 g/mol. The molecule has 1 heterocycles. The SMILES string of the molecule is O=C1c2ccccc2CC1CC1CCNCC1. The van der Waals surface area contributed by atoms with Gasteiger partial charge in [-0.1, -0.05) is 24.3 Å². The molecule has 2 aliphatic rings. The normalized spacial score (nSPS) is 24.9. The summed E-state index contributed by atoms with van der Waals surface area (Å²) in [5.74, 6) is 1.40. The van der Waals surface area contributed by atoms with Gasteiger partial charge in [0.1, 0.15) is 0 Å². The van der Waals surface area contributed by atoms with Crippen LogP contribution in [0.4, 0.5) is 0 Å². The number of carbonyl (C=O) groups excluding carboxylic acids is 1. The van der Waals surface area contributed by atoms with Crippen molar-refractivity contribution in [2.45, 2.75) is 25.7 Å². The molecule has 3 rings (SSSR count). The van der Waals surface area contributed by atoms with E-state index in [0.29, 0.717) is 5.78 Å². The zero-order valence-electron chi connectivity index (χ0n) is 10.1. The van der Waals surface area contributed by atoms with E-state index in [2.05, 4.69) is 11.4 Å². The molecule has 1 N–H and O–H groups in total. The Bertz CT molecular complexity index is 421. The highest BCUT2D eigenvalue weighted by Gasteiger charge is 2.31. The highest BCUT2D eigenvalue weighted by Crippen LogP contribution is 2.32. The van der Waals surface area contributed by atoms with E-state index < -0.39 is 0 Å². The minimum atomic E-state index is 0.260. The van der Waals surface area contributed by atoms with Crippen LogP contribution in [0.15, 0.2) is 24.3 Å². The number of Topliss-reactive ketones (excluding diaryl/α,β-unsaturated/α-hetero) is 1. The molecule has 1 aliphatic heterocycles. The highest BCUT2D eigenvalue weighted by atomic mass is 16.1. The van der Waals surface area contributed by atoms with Crippen molar-refractivity contribution >= 4 is 5.78 Å². The van der Waals surface area contributed by atoms with E-state index in [4.69, 9.17) is 0 Å². The van der Waals surface area contributed by atoms with Crippen LogP contribution < -0.4 is 5.32 Å². The fraction of sp³-hybridized carbons (Fsp3) is 0.533. The van der Waals surface area contributed by atoms with Gasteiger partial charge in [-0.3, -0.25) is 4.79 Å². The number of rotatable bonds is 2. The number of benzene rings is 1. The lowest BCUT2D eigenvalue weighted by Crippen LogP contribution is -2.29. The Balaban J connectivity index is 1.69. The summed E-state index contributed by atoms with van der Waals surface area (Å²) in [5, 5.41) is 3.38. The Morgan fingerprint density at radius 1 is 1.18 bits per heavy atom. The lowest BCUT2D eigenvalue weighted by Gasteiger charge is -2.24. The molecule has 2 heteroatoms. The van der Waals surface area contributed by atoms with Crippen molar-refractivity contribution in [2.75, 3.05) is 13.1 Å². The molecule has 17 heavy (non-hydrogen) atoms. The number of hydrogen-bond acceptors (Lipinski definition) is 2. The molecule has 0 spiro atoms. The fourth-order valence-corrected chi connectivity index (χ4v) is 3.23. The first-order chi connectivity index (χ1) is 8.34. The van der Waals surface area contributed by atoms with E-state index >= 15 is 0 Å². The Labute approximate surface area is 102 Å². The summed E-state index contributed by atoms with van der Waals surface area (Å²) in [6, 6.07) is 8.11. The van der Waals surface area contributed by atoms with Crippen molar-refractivity contribution in [3.8, 4) is 0 Å². The second kappa shape index (κ2) is 4.61. The first kappa shape index (κ1) is 11.0. The fourth-order valence-electron chi connectivity index (χ4n) is 3.23. The molecule has 1 fully saturated rings. The number of carbonyl (C=O) groups is 1. The van der Waals surface area contributed by atoms with Crippen LogP contribution in [-0.2, 0) is 6.42 Å². The Morgan fingerprint density at radius 2 is 1.94 bits per heavy atom. The van der Waals surface area contributed by atoms with Gasteiger partial charge in [0.05, 0.1) is 0 Å². The number of fused-ring (bicyclic) bond motifs is 1. The quantitative estimate of drug-likeness (QED) is 0.844. The monoisotopic (exact) mass is 229 g/mol. The van der Waals surface area contributed by atoms with E-state index in [9.17, 15) is 4.79 Å². The van der Waals surface area contributed by atoms with Gasteiger partial charge in [0.25, 0.3) is 0 Å². The third-order valence-corrected chi connectivity index (χ3v) is 4.20. The van der Waals surface area contributed by atoms with Crippen molar-refractivity contribution in [1.82, 2.24) is 5.32 Å². The Morgan fingerprint density at radius 3 is 2.71 bits per heavy atom. The van der Waals surface area contributed by atoms with Crippen molar-refractivity contribution in [3.05, 3.63) is 35.4 Å². The molecule has 0 bridgehead atoms. The Kier molecular flexibility index (Phi) is 2.98. The van der Waals surface area contributed by atoms with Gasteiger partial charge in [0.2, 0.25) is 0 Å². The van der Waals surface area contributed by atoms with Crippen LogP contribution in [0.2, 0.25) is 0 Å². The third kappa shape index (κ3) is 2.14. The van der Waals surface area contributed by atoms with Crippen LogP contribution in [0.1, 0.15) is 35.2 Å². The maximum absolute atomic E-state index is 12.3. The maximum atomic E-state index is 12.3. The van der Waals surface area contributed by atoms with Gasteiger partial charge >= 0.3 is 0 Å². The molecule has 2 nitrogen and oxygen atoms in total. The average Bonchev–Trinajstić information content (AvgIpc) is 2.68. The summed E-state index contributed by atoms with van der Waals surface area (Å²) in [7, 11) is 0. The molecule has 0 saturated carbocycles. The summed E-state index contributed by atoms with van der Waals surface area (Å²) in [6.07, 6.45) is 4.54. The first-order valence-electron chi connectivity index (χ1n) is 6.67. The largest absolute Gasteiger partial charge is 0.317 e. The number of hydrogen-bond donors (Lipinski definition) is 1.